The predicted molar refractivity (Wildman–Crippen MR) is 73.9 cm³/mol. The van der Waals surface area contributed by atoms with Gasteiger partial charge in [0, 0.05) is 0 Å². The van der Waals surface area contributed by atoms with Gasteiger partial charge in [0.05, 0.1) is 13.2 Å². The monoisotopic (exact) mass is 249 g/mol. The van der Waals surface area contributed by atoms with E-state index in [1.807, 2.05) is 6.92 Å². The van der Waals surface area contributed by atoms with Crippen LogP contribution in [0.25, 0.3) is 0 Å². The SMILES string of the molecule is CCOC(=O)CNCCc1c(C)cc(C)cc1C. The Morgan fingerprint density at radius 1 is 1.22 bits per heavy atom. The number of hydrogen-bond donors (Lipinski definition) is 1. The van der Waals surface area contributed by atoms with E-state index in [0.29, 0.717) is 6.61 Å². The van der Waals surface area contributed by atoms with E-state index in [4.69, 9.17) is 4.74 Å². The number of hydrogen-bond acceptors (Lipinski definition) is 3. The molecule has 0 spiro atoms. The predicted octanol–water partition coefficient (Wildman–Crippen LogP) is 2.31. The summed E-state index contributed by atoms with van der Waals surface area (Å²) in [6.07, 6.45) is 0.942. The van der Waals surface area contributed by atoms with Crippen LogP contribution in [0.4, 0.5) is 0 Å². The zero-order valence-corrected chi connectivity index (χ0v) is 11.8. The van der Waals surface area contributed by atoms with Crippen molar-refractivity contribution in [3.8, 4) is 0 Å². The van der Waals surface area contributed by atoms with Gasteiger partial charge < -0.3 is 10.1 Å². The Morgan fingerprint density at radius 3 is 2.39 bits per heavy atom. The summed E-state index contributed by atoms with van der Waals surface area (Å²) in [5.74, 6) is -0.185. The van der Waals surface area contributed by atoms with Gasteiger partial charge in [0.1, 0.15) is 0 Å². The van der Waals surface area contributed by atoms with Gasteiger partial charge in [0.25, 0.3) is 0 Å². The number of benzene rings is 1. The number of carbonyl (C=O) groups is 1. The van der Waals surface area contributed by atoms with E-state index in [2.05, 4.69) is 38.2 Å². The van der Waals surface area contributed by atoms with Crippen molar-refractivity contribution in [3.05, 3.63) is 34.4 Å². The summed E-state index contributed by atoms with van der Waals surface area (Å²) in [5, 5.41) is 3.11. The highest BCUT2D eigenvalue weighted by atomic mass is 16.5. The standard InChI is InChI=1S/C15H23NO2/c1-5-18-15(17)10-16-7-6-14-12(3)8-11(2)9-13(14)4/h8-9,16H,5-7,10H2,1-4H3. The van der Waals surface area contributed by atoms with Gasteiger partial charge in [-0.1, -0.05) is 17.7 Å². The summed E-state index contributed by atoms with van der Waals surface area (Å²) in [6.45, 7) is 9.74. The van der Waals surface area contributed by atoms with Crippen LogP contribution >= 0.6 is 0 Å². The average Bonchev–Trinajstić information content (AvgIpc) is 2.27. The van der Waals surface area contributed by atoms with Crippen molar-refractivity contribution in [2.45, 2.75) is 34.1 Å². The van der Waals surface area contributed by atoms with Crippen LogP contribution in [0.3, 0.4) is 0 Å². The summed E-state index contributed by atoms with van der Waals surface area (Å²) in [5.41, 5.74) is 5.32. The van der Waals surface area contributed by atoms with Crippen LogP contribution in [0.1, 0.15) is 29.2 Å². The topological polar surface area (TPSA) is 38.3 Å². The average molecular weight is 249 g/mol. The molecule has 0 aromatic heterocycles. The summed E-state index contributed by atoms with van der Waals surface area (Å²) in [7, 11) is 0. The van der Waals surface area contributed by atoms with Crippen LogP contribution in [0.15, 0.2) is 12.1 Å². The fourth-order valence-corrected chi connectivity index (χ4v) is 2.22. The smallest absolute Gasteiger partial charge is 0.319 e. The van der Waals surface area contributed by atoms with Gasteiger partial charge in [-0.25, -0.2) is 0 Å². The lowest BCUT2D eigenvalue weighted by atomic mass is 9.97. The Morgan fingerprint density at radius 2 is 1.83 bits per heavy atom. The normalized spacial score (nSPS) is 10.4. The van der Waals surface area contributed by atoms with Crippen LogP contribution in [0, 0.1) is 20.8 Å². The highest BCUT2D eigenvalue weighted by Gasteiger charge is 2.04. The Bertz CT molecular complexity index is 390. The van der Waals surface area contributed by atoms with Crippen molar-refractivity contribution in [2.75, 3.05) is 19.7 Å². The zero-order valence-electron chi connectivity index (χ0n) is 11.8. The third-order valence-electron chi connectivity index (χ3n) is 2.97. The van der Waals surface area contributed by atoms with Crippen LogP contribution in [0.2, 0.25) is 0 Å². The molecule has 0 fully saturated rings. The molecule has 0 bridgehead atoms. The van der Waals surface area contributed by atoms with Crippen molar-refractivity contribution in [1.82, 2.24) is 5.32 Å². The van der Waals surface area contributed by atoms with Crippen LogP contribution < -0.4 is 5.32 Å². The Balaban J connectivity index is 2.42. The van der Waals surface area contributed by atoms with E-state index in [-0.39, 0.29) is 12.5 Å². The first-order valence-corrected chi connectivity index (χ1v) is 6.47. The Kier molecular flexibility index (Phi) is 5.86. The van der Waals surface area contributed by atoms with Crippen LogP contribution in [0.5, 0.6) is 0 Å². The molecule has 1 aromatic carbocycles. The fourth-order valence-electron chi connectivity index (χ4n) is 2.22. The van der Waals surface area contributed by atoms with E-state index < -0.39 is 0 Å². The molecule has 0 radical (unpaired) electrons. The quantitative estimate of drug-likeness (QED) is 0.621. The summed E-state index contributed by atoms with van der Waals surface area (Å²) in [4.78, 5) is 11.1. The maximum Gasteiger partial charge on any atom is 0.319 e. The molecule has 1 aromatic rings. The van der Waals surface area contributed by atoms with Crippen molar-refractivity contribution in [3.63, 3.8) is 0 Å². The molecule has 0 amide bonds. The highest BCUT2D eigenvalue weighted by molar-refractivity contribution is 5.71. The van der Waals surface area contributed by atoms with Crippen LogP contribution in [-0.4, -0.2) is 25.7 Å². The van der Waals surface area contributed by atoms with E-state index >= 15 is 0 Å². The third kappa shape index (κ3) is 4.49. The molecule has 0 atom stereocenters. The molecule has 18 heavy (non-hydrogen) atoms. The maximum absolute atomic E-state index is 11.1. The number of nitrogens with one attached hydrogen (secondary N) is 1. The largest absolute Gasteiger partial charge is 0.465 e. The van der Waals surface area contributed by atoms with E-state index in [0.717, 1.165) is 13.0 Å². The molecule has 0 aliphatic rings. The van der Waals surface area contributed by atoms with Gasteiger partial charge in [-0.2, -0.15) is 0 Å². The third-order valence-corrected chi connectivity index (χ3v) is 2.97. The lowest BCUT2D eigenvalue weighted by Gasteiger charge is -2.11. The second kappa shape index (κ2) is 7.17. The van der Waals surface area contributed by atoms with Gasteiger partial charge >= 0.3 is 5.97 Å². The van der Waals surface area contributed by atoms with Gasteiger partial charge in [-0.15, -0.1) is 0 Å². The minimum Gasteiger partial charge on any atom is -0.465 e. The number of esters is 1. The molecule has 100 valence electrons. The molecule has 3 nitrogen and oxygen atoms in total. The maximum atomic E-state index is 11.1. The van der Waals surface area contributed by atoms with Gasteiger partial charge in [-0.05, 0) is 57.4 Å². The van der Waals surface area contributed by atoms with Crippen molar-refractivity contribution >= 4 is 5.97 Å². The van der Waals surface area contributed by atoms with Gasteiger partial charge in [-0.3, -0.25) is 4.79 Å². The molecule has 0 aliphatic carbocycles. The summed E-state index contributed by atoms with van der Waals surface area (Å²) < 4.78 is 4.86. The minimum atomic E-state index is -0.185. The van der Waals surface area contributed by atoms with Gasteiger partial charge in [0.2, 0.25) is 0 Å². The van der Waals surface area contributed by atoms with Gasteiger partial charge in [0.15, 0.2) is 0 Å². The first kappa shape index (κ1) is 14.7. The molecule has 0 aliphatic heterocycles. The number of carbonyl (C=O) groups excluding carboxylic acids is 1. The van der Waals surface area contributed by atoms with E-state index in [9.17, 15) is 4.79 Å². The number of ether oxygens (including phenoxy) is 1. The minimum absolute atomic E-state index is 0.185. The molecule has 0 saturated carbocycles. The Labute approximate surface area is 110 Å². The molecule has 0 saturated heterocycles. The number of aryl methyl sites for hydroxylation is 3. The lowest BCUT2D eigenvalue weighted by Crippen LogP contribution is -2.26. The molecular weight excluding hydrogens is 226 g/mol. The van der Waals surface area contributed by atoms with Crippen LogP contribution in [-0.2, 0) is 16.0 Å². The highest BCUT2D eigenvalue weighted by Crippen LogP contribution is 2.16. The molecule has 0 heterocycles. The van der Waals surface area contributed by atoms with Crippen molar-refractivity contribution < 1.29 is 9.53 Å². The second-order valence-corrected chi connectivity index (χ2v) is 4.61. The molecule has 1 rings (SSSR count). The van der Waals surface area contributed by atoms with E-state index in [1.54, 1.807) is 0 Å². The molecule has 3 heteroatoms. The van der Waals surface area contributed by atoms with E-state index in [1.165, 1.54) is 22.3 Å². The lowest BCUT2D eigenvalue weighted by molar-refractivity contribution is -0.141. The van der Waals surface area contributed by atoms with Crippen molar-refractivity contribution in [2.24, 2.45) is 0 Å². The fraction of sp³-hybridized carbons (Fsp3) is 0.533. The number of rotatable bonds is 6. The Hall–Kier alpha value is -1.35. The van der Waals surface area contributed by atoms with Crippen molar-refractivity contribution in [1.29, 1.82) is 0 Å². The summed E-state index contributed by atoms with van der Waals surface area (Å²) in [6, 6.07) is 4.40. The first-order valence-electron chi connectivity index (χ1n) is 6.47. The molecular formula is C15H23NO2. The second-order valence-electron chi connectivity index (χ2n) is 4.61. The first-order chi connectivity index (χ1) is 8.54. The summed E-state index contributed by atoms with van der Waals surface area (Å²) >= 11 is 0. The zero-order chi connectivity index (χ0) is 13.5. The molecule has 0 unspecified atom stereocenters. The molecule has 1 N–H and O–H groups in total.